The average Bonchev–Trinajstić information content (AvgIpc) is 2.97. The van der Waals surface area contributed by atoms with E-state index in [4.69, 9.17) is 5.73 Å². The van der Waals surface area contributed by atoms with Gasteiger partial charge in [-0.15, -0.1) is 11.3 Å². The van der Waals surface area contributed by atoms with E-state index in [1.165, 1.54) is 42.7 Å². The van der Waals surface area contributed by atoms with Crippen molar-refractivity contribution in [2.75, 3.05) is 17.7 Å². The maximum atomic E-state index is 5.57. The molecule has 1 aliphatic heterocycles. The molecule has 0 saturated carbocycles. The maximum Gasteiger partial charge on any atom is 0.205 e. The predicted molar refractivity (Wildman–Crippen MR) is 97.9 cm³/mol. The van der Waals surface area contributed by atoms with Gasteiger partial charge in [-0.1, -0.05) is 30.7 Å². The van der Waals surface area contributed by atoms with E-state index in [1.807, 2.05) is 0 Å². The van der Waals surface area contributed by atoms with Crippen molar-refractivity contribution in [2.45, 2.75) is 38.8 Å². The monoisotopic (exact) mass is 329 g/mol. The Balaban J connectivity index is 1.54. The van der Waals surface area contributed by atoms with Crippen LogP contribution in [0.4, 0.5) is 10.9 Å². The molecule has 2 aromatic rings. The number of hydrazone groups is 1. The van der Waals surface area contributed by atoms with Gasteiger partial charge >= 0.3 is 0 Å². The molecule has 0 spiro atoms. The lowest BCUT2D eigenvalue weighted by Gasteiger charge is -2.33. The Bertz CT molecular complexity index is 649. The van der Waals surface area contributed by atoms with Crippen LogP contribution in [0.2, 0.25) is 0 Å². The normalized spacial score (nSPS) is 19.3. The first-order chi connectivity index (χ1) is 11.2. The van der Waals surface area contributed by atoms with E-state index >= 15 is 0 Å². The molecule has 6 heteroatoms. The van der Waals surface area contributed by atoms with Gasteiger partial charge in [-0.25, -0.2) is 4.98 Å². The van der Waals surface area contributed by atoms with Gasteiger partial charge in [-0.05, 0) is 37.4 Å². The molecule has 1 saturated heterocycles. The van der Waals surface area contributed by atoms with Gasteiger partial charge in [0.15, 0.2) is 0 Å². The fourth-order valence-electron chi connectivity index (χ4n) is 2.84. The third-order valence-corrected chi connectivity index (χ3v) is 4.97. The van der Waals surface area contributed by atoms with Crippen LogP contribution in [-0.4, -0.2) is 28.7 Å². The lowest BCUT2D eigenvalue weighted by molar-refractivity contribution is 0.152. The number of aromatic nitrogens is 1. The van der Waals surface area contributed by atoms with Crippen molar-refractivity contribution in [1.82, 2.24) is 9.88 Å². The van der Waals surface area contributed by atoms with Crippen LogP contribution in [0.5, 0.6) is 0 Å². The number of benzene rings is 1. The maximum absolute atomic E-state index is 5.57. The van der Waals surface area contributed by atoms with E-state index in [-0.39, 0.29) is 0 Å². The first-order valence-electron chi connectivity index (χ1n) is 8.04. The first kappa shape index (κ1) is 16.0. The summed E-state index contributed by atoms with van der Waals surface area (Å²) in [5.74, 6) is 0.518. The van der Waals surface area contributed by atoms with Crippen molar-refractivity contribution in [3.8, 4) is 0 Å². The number of rotatable bonds is 5. The minimum Gasteiger partial charge on any atom is -0.383 e. The van der Waals surface area contributed by atoms with Crippen LogP contribution in [0.1, 0.15) is 37.3 Å². The average molecular weight is 329 g/mol. The van der Waals surface area contributed by atoms with E-state index in [1.54, 1.807) is 11.6 Å². The Morgan fingerprint density at radius 1 is 1.39 bits per heavy atom. The number of nitrogens with one attached hydrogen (secondary N) is 1. The molecule has 5 nitrogen and oxygen atoms in total. The smallest absolute Gasteiger partial charge is 0.205 e. The summed E-state index contributed by atoms with van der Waals surface area (Å²) in [6.07, 6.45) is 5.80. The number of thiazole rings is 1. The summed E-state index contributed by atoms with van der Waals surface area (Å²) in [6.45, 7) is 4.58. The molecule has 3 N–H and O–H groups in total. The van der Waals surface area contributed by atoms with E-state index in [0.29, 0.717) is 17.0 Å². The molecule has 1 aliphatic rings. The molecule has 1 fully saturated rings. The molecule has 1 aromatic carbocycles. The van der Waals surface area contributed by atoms with E-state index in [2.05, 4.69) is 51.6 Å². The second-order valence-corrected chi connectivity index (χ2v) is 6.86. The molecule has 2 heterocycles. The number of piperidine rings is 1. The zero-order valence-corrected chi connectivity index (χ0v) is 14.2. The van der Waals surface area contributed by atoms with Gasteiger partial charge in [0, 0.05) is 18.0 Å². The zero-order chi connectivity index (χ0) is 16.1. The van der Waals surface area contributed by atoms with Crippen LogP contribution in [0.15, 0.2) is 34.7 Å². The third kappa shape index (κ3) is 4.53. The van der Waals surface area contributed by atoms with Gasteiger partial charge in [0.05, 0.1) is 6.21 Å². The number of nitrogens with two attached hydrogens (primary N) is 1. The molecule has 1 atom stereocenters. The largest absolute Gasteiger partial charge is 0.383 e. The number of hydrogen-bond donors (Lipinski definition) is 2. The molecule has 0 radical (unpaired) electrons. The molecule has 3 rings (SSSR count). The van der Waals surface area contributed by atoms with Crippen LogP contribution in [-0.2, 0) is 6.54 Å². The highest BCUT2D eigenvalue weighted by atomic mass is 32.1. The molecular weight excluding hydrogens is 306 g/mol. The number of nitrogens with zero attached hydrogens (tertiary/aromatic N) is 3. The first-order valence-corrected chi connectivity index (χ1v) is 8.92. The Labute approximate surface area is 141 Å². The Morgan fingerprint density at radius 2 is 2.22 bits per heavy atom. The minimum absolute atomic E-state index is 0.518. The van der Waals surface area contributed by atoms with E-state index < -0.39 is 0 Å². The SMILES string of the molecule is CC1CCCCN1Cc1ccc(C=NNc2nc(N)cs2)cc1. The number of nitrogen functional groups attached to an aromatic ring is 1. The summed E-state index contributed by atoms with van der Waals surface area (Å²) >= 11 is 1.44. The van der Waals surface area contributed by atoms with Gasteiger partial charge in [-0.2, -0.15) is 5.10 Å². The molecule has 1 unspecified atom stereocenters. The molecule has 23 heavy (non-hydrogen) atoms. The topological polar surface area (TPSA) is 66.5 Å². The van der Waals surface area contributed by atoms with Crippen molar-refractivity contribution >= 4 is 28.5 Å². The third-order valence-electron chi connectivity index (χ3n) is 4.20. The highest BCUT2D eigenvalue weighted by Crippen LogP contribution is 2.19. The molecule has 0 bridgehead atoms. The van der Waals surface area contributed by atoms with Crippen LogP contribution >= 0.6 is 11.3 Å². The Kier molecular flexibility index (Phi) is 5.25. The highest BCUT2D eigenvalue weighted by molar-refractivity contribution is 7.14. The summed E-state index contributed by atoms with van der Waals surface area (Å²) in [5.41, 5.74) is 10.9. The fraction of sp³-hybridized carbons (Fsp3) is 0.412. The number of hydrogen-bond acceptors (Lipinski definition) is 6. The number of likely N-dealkylation sites (tertiary alicyclic amines) is 1. The molecule has 0 amide bonds. The molecule has 0 aliphatic carbocycles. The lowest BCUT2D eigenvalue weighted by Crippen LogP contribution is -2.36. The van der Waals surface area contributed by atoms with Crippen molar-refractivity contribution in [3.05, 3.63) is 40.8 Å². The molecule has 122 valence electrons. The van der Waals surface area contributed by atoms with E-state index in [0.717, 1.165) is 12.1 Å². The predicted octanol–water partition coefficient (Wildman–Crippen LogP) is 3.55. The minimum atomic E-state index is 0.518. The number of anilines is 2. The van der Waals surface area contributed by atoms with Crippen molar-refractivity contribution < 1.29 is 0 Å². The molecule has 1 aromatic heterocycles. The summed E-state index contributed by atoms with van der Waals surface area (Å²) in [6, 6.07) is 9.27. The summed E-state index contributed by atoms with van der Waals surface area (Å²) in [5, 5.41) is 6.68. The Morgan fingerprint density at radius 3 is 2.91 bits per heavy atom. The summed E-state index contributed by atoms with van der Waals surface area (Å²) < 4.78 is 0. The van der Waals surface area contributed by atoms with Crippen LogP contribution < -0.4 is 11.2 Å². The Hall–Kier alpha value is -1.92. The van der Waals surface area contributed by atoms with Gasteiger partial charge in [-0.3, -0.25) is 10.3 Å². The lowest BCUT2D eigenvalue weighted by atomic mass is 10.0. The second-order valence-electron chi connectivity index (χ2n) is 6.00. The van der Waals surface area contributed by atoms with Crippen LogP contribution in [0.3, 0.4) is 0 Å². The van der Waals surface area contributed by atoms with Gasteiger partial charge in [0.1, 0.15) is 5.82 Å². The van der Waals surface area contributed by atoms with Crippen LogP contribution in [0, 0.1) is 0 Å². The summed E-state index contributed by atoms with van der Waals surface area (Å²) in [7, 11) is 0. The van der Waals surface area contributed by atoms with Crippen molar-refractivity contribution in [1.29, 1.82) is 0 Å². The van der Waals surface area contributed by atoms with Crippen LogP contribution in [0.25, 0.3) is 0 Å². The standard InChI is InChI=1S/C17H23N5S/c1-13-4-2-3-9-22(13)11-15-7-5-14(6-8-15)10-19-21-17-20-16(18)12-23-17/h5-8,10,12-13H,2-4,9,11,18H2,1H3,(H,20,21). The summed E-state index contributed by atoms with van der Waals surface area (Å²) in [4.78, 5) is 6.66. The van der Waals surface area contributed by atoms with Crippen molar-refractivity contribution in [2.24, 2.45) is 5.10 Å². The van der Waals surface area contributed by atoms with Gasteiger partial charge in [0.2, 0.25) is 5.13 Å². The van der Waals surface area contributed by atoms with Gasteiger partial charge in [0.25, 0.3) is 0 Å². The highest BCUT2D eigenvalue weighted by Gasteiger charge is 2.17. The van der Waals surface area contributed by atoms with Crippen molar-refractivity contribution in [3.63, 3.8) is 0 Å². The van der Waals surface area contributed by atoms with Gasteiger partial charge < -0.3 is 5.73 Å². The molecular formula is C17H23N5S. The van der Waals surface area contributed by atoms with E-state index in [9.17, 15) is 0 Å². The quantitative estimate of drug-likeness (QED) is 0.650. The zero-order valence-electron chi connectivity index (χ0n) is 13.4. The second kappa shape index (κ2) is 7.57. The fourth-order valence-corrected chi connectivity index (χ4v) is 3.38.